The SMILES string of the molecule is CC(C)CN1CCN(C(=O)C=Cc2nc3ccccc3s2)CC1. The second-order valence-corrected chi connectivity index (χ2v) is 7.44. The van der Waals surface area contributed by atoms with Crippen LogP contribution in [0.25, 0.3) is 16.3 Å². The van der Waals surface area contributed by atoms with Gasteiger partial charge in [0.15, 0.2) is 0 Å². The van der Waals surface area contributed by atoms with Crippen LogP contribution in [-0.4, -0.2) is 53.4 Å². The Morgan fingerprint density at radius 3 is 2.70 bits per heavy atom. The lowest BCUT2D eigenvalue weighted by atomic mass is 10.2. The third kappa shape index (κ3) is 4.18. The first-order valence-electron chi connectivity index (χ1n) is 8.17. The molecule has 2 aromatic rings. The van der Waals surface area contributed by atoms with Crippen molar-refractivity contribution in [3.8, 4) is 0 Å². The van der Waals surface area contributed by atoms with Crippen LogP contribution in [0.1, 0.15) is 18.9 Å². The monoisotopic (exact) mass is 329 g/mol. The number of carbonyl (C=O) groups is 1. The number of hydrogen-bond acceptors (Lipinski definition) is 4. The summed E-state index contributed by atoms with van der Waals surface area (Å²) in [7, 11) is 0. The number of carbonyl (C=O) groups excluding carboxylic acids is 1. The molecule has 0 bridgehead atoms. The van der Waals surface area contributed by atoms with Gasteiger partial charge in [-0.15, -0.1) is 11.3 Å². The molecule has 4 nitrogen and oxygen atoms in total. The number of hydrogen-bond donors (Lipinski definition) is 0. The number of amides is 1. The van der Waals surface area contributed by atoms with Gasteiger partial charge in [-0.05, 0) is 24.1 Å². The maximum atomic E-state index is 12.3. The Hall–Kier alpha value is -1.72. The molecule has 0 radical (unpaired) electrons. The van der Waals surface area contributed by atoms with Crippen molar-refractivity contribution in [3.63, 3.8) is 0 Å². The van der Waals surface area contributed by atoms with Gasteiger partial charge in [0.05, 0.1) is 10.2 Å². The number of rotatable bonds is 4. The molecule has 1 aromatic heterocycles. The molecule has 1 saturated heterocycles. The van der Waals surface area contributed by atoms with E-state index in [4.69, 9.17) is 0 Å². The van der Waals surface area contributed by atoms with Crippen LogP contribution in [0.5, 0.6) is 0 Å². The summed E-state index contributed by atoms with van der Waals surface area (Å²) in [6.45, 7) is 9.16. The summed E-state index contributed by atoms with van der Waals surface area (Å²) in [5.41, 5.74) is 0.992. The van der Waals surface area contributed by atoms with Gasteiger partial charge >= 0.3 is 0 Å². The van der Waals surface area contributed by atoms with Gasteiger partial charge in [-0.2, -0.15) is 0 Å². The van der Waals surface area contributed by atoms with Gasteiger partial charge in [0.2, 0.25) is 5.91 Å². The van der Waals surface area contributed by atoms with Crippen molar-refractivity contribution in [1.29, 1.82) is 0 Å². The maximum Gasteiger partial charge on any atom is 0.246 e. The molecule has 2 heterocycles. The van der Waals surface area contributed by atoms with E-state index in [9.17, 15) is 4.79 Å². The zero-order valence-corrected chi connectivity index (χ0v) is 14.6. The molecule has 0 aliphatic carbocycles. The van der Waals surface area contributed by atoms with Gasteiger partial charge in [-0.25, -0.2) is 4.98 Å². The predicted octanol–water partition coefficient (Wildman–Crippen LogP) is 3.11. The first-order chi connectivity index (χ1) is 11.1. The average molecular weight is 329 g/mol. The second-order valence-electron chi connectivity index (χ2n) is 6.37. The molecule has 23 heavy (non-hydrogen) atoms. The first-order valence-corrected chi connectivity index (χ1v) is 8.98. The molecule has 1 fully saturated rings. The van der Waals surface area contributed by atoms with Crippen LogP contribution in [0.15, 0.2) is 30.3 Å². The first kappa shape index (κ1) is 16.1. The molecule has 0 saturated carbocycles. The minimum atomic E-state index is 0.0912. The van der Waals surface area contributed by atoms with E-state index in [1.54, 1.807) is 17.4 Å². The second kappa shape index (κ2) is 7.23. The molecule has 1 aliphatic rings. The van der Waals surface area contributed by atoms with Crippen molar-refractivity contribution in [2.75, 3.05) is 32.7 Å². The third-order valence-electron chi connectivity index (χ3n) is 3.99. The highest BCUT2D eigenvalue weighted by Crippen LogP contribution is 2.22. The Balaban J connectivity index is 1.57. The fourth-order valence-corrected chi connectivity index (χ4v) is 3.75. The molecule has 122 valence electrons. The van der Waals surface area contributed by atoms with E-state index < -0.39 is 0 Å². The minimum absolute atomic E-state index is 0.0912. The number of fused-ring (bicyclic) bond motifs is 1. The van der Waals surface area contributed by atoms with Gasteiger partial charge in [0.1, 0.15) is 5.01 Å². The van der Waals surface area contributed by atoms with Crippen molar-refractivity contribution in [2.24, 2.45) is 5.92 Å². The molecule has 0 unspecified atom stereocenters. The fraction of sp³-hybridized carbons (Fsp3) is 0.444. The van der Waals surface area contributed by atoms with E-state index in [1.807, 2.05) is 29.2 Å². The van der Waals surface area contributed by atoms with E-state index in [0.717, 1.165) is 47.9 Å². The lowest BCUT2D eigenvalue weighted by molar-refractivity contribution is -0.127. The Bertz CT molecular complexity index is 666. The number of para-hydroxylation sites is 1. The smallest absolute Gasteiger partial charge is 0.246 e. The van der Waals surface area contributed by atoms with Gasteiger partial charge in [0, 0.05) is 38.8 Å². The van der Waals surface area contributed by atoms with Gasteiger partial charge in [-0.1, -0.05) is 26.0 Å². The van der Waals surface area contributed by atoms with Crippen LogP contribution in [0.3, 0.4) is 0 Å². The average Bonchev–Trinajstić information content (AvgIpc) is 2.95. The van der Waals surface area contributed by atoms with Crippen LogP contribution in [0.4, 0.5) is 0 Å². The minimum Gasteiger partial charge on any atom is -0.337 e. The van der Waals surface area contributed by atoms with Crippen LogP contribution < -0.4 is 0 Å². The Morgan fingerprint density at radius 2 is 2.00 bits per heavy atom. The summed E-state index contributed by atoms with van der Waals surface area (Å²) in [6.07, 6.45) is 3.50. The normalized spacial score (nSPS) is 16.7. The summed E-state index contributed by atoms with van der Waals surface area (Å²) >= 11 is 1.62. The third-order valence-corrected chi connectivity index (χ3v) is 4.99. The van der Waals surface area contributed by atoms with Crippen molar-refractivity contribution in [1.82, 2.24) is 14.8 Å². The van der Waals surface area contributed by atoms with Crippen LogP contribution in [0.2, 0.25) is 0 Å². The number of nitrogens with zero attached hydrogens (tertiary/aromatic N) is 3. The Morgan fingerprint density at radius 1 is 1.26 bits per heavy atom. The highest BCUT2D eigenvalue weighted by atomic mass is 32.1. The maximum absolute atomic E-state index is 12.3. The highest BCUT2D eigenvalue weighted by molar-refractivity contribution is 7.19. The Labute approximate surface area is 141 Å². The van der Waals surface area contributed by atoms with Gasteiger partial charge in [-0.3, -0.25) is 9.69 Å². The Kier molecular flexibility index (Phi) is 5.08. The van der Waals surface area contributed by atoms with Crippen molar-refractivity contribution in [2.45, 2.75) is 13.8 Å². The predicted molar refractivity (Wildman–Crippen MR) is 96.5 cm³/mol. The number of piperazine rings is 1. The zero-order valence-electron chi connectivity index (χ0n) is 13.7. The molecule has 1 amide bonds. The van der Waals surface area contributed by atoms with Crippen LogP contribution >= 0.6 is 11.3 Å². The molecule has 3 rings (SSSR count). The van der Waals surface area contributed by atoms with Gasteiger partial charge in [0.25, 0.3) is 0 Å². The molecule has 5 heteroatoms. The van der Waals surface area contributed by atoms with Crippen molar-refractivity contribution < 1.29 is 4.79 Å². The lowest BCUT2D eigenvalue weighted by Crippen LogP contribution is -2.49. The summed E-state index contributed by atoms with van der Waals surface area (Å²) in [4.78, 5) is 21.2. The van der Waals surface area contributed by atoms with E-state index in [2.05, 4.69) is 29.8 Å². The molecular weight excluding hydrogens is 306 g/mol. The van der Waals surface area contributed by atoms with Gasteiger partial charge < -0.3 is 4.90 Å². The van der Waals surface area contributed by atoms with Crippen LogP contribution in [-0.2, 0) is 4.79 Å². The number of thiazole rings is 1. The zero-order chi connectivity index (χ0) is 16.2. The van der Waals surface area contributed by atoms with Crippen molar-refractivity contribution >= 4 is 33.5 Å². The van der Waals surface area contributed by atoms with E-state index in [-0.39, 0.29) is 5.91 Å². The lowest BCUT2D eigenvalue weighted by Gasteiger charge is -2.35. The summed E-state index contributed by atoms with van der Waals surface area (Å²) in [6, 6.07) is 8.05. The quantitative estimate of drug-likeness (QED) is 0.809. The van der Waals surface area contributed by atoms with Crippen molar-refractivity contribution in [3.05, 3.63) is 35.3 Å². The molecule has 0 N–H and O–H groups in total. The van der Waals surface area contributed by atoms with Crippen LogP contribution in [0, 0.1) is 5.92 Å². The molecular formula is C18H23N3OS. The fourth-order valence-electron chi connectivity index (χ4n) is 2.88. The molecule has 0 atom stereocenters. The summed E-state index contributed by atoms with van der Waals surface area (Å²) < 4.78 is 1.15. The van der Waals surface area contributed by atoms with E-state index in [0.29, 0.717) is 5.92 Å². The number of aromatic nitrogens is 1. The largest absolute Gasteiger partial charge is 0.337 e. The molecule has 1 aliphatic heterocycles. The topological polar surface area (TPSA) is 36.4 Å². The summed E-state index contributed by atoms with van der Waals surface area (Å²) in [5, 5.41) is 0.887. The van der Waals surface area contributed by atoms with E-state index >= 15 is 0 Å². The summed E-state index contributed by atoms with van der Waals surface area (Å²) in [5.74, 6) is 0.768. The standard InChI is InChI=1S/C18H23N3OS/c1-14(2)13-20-9-11-21(12-10-20)18(22)8-7-17-19-15-5-3-4-6-16(15)23-17/h3-8,14H,9-13H2,1-2H3. The molecule has 1 aromatic carbocycles. The highest BCUT2D eigenvalue weighted by Gasteiger charge is 2.19. The molecule has 0 spiro atoms. The van der Waals surface area contributed by atoms with E-state index in [1.165, 1.54) is 0 Å². The number of benzene rings is 1.